The minimum Gasteiger partial charge on any atom is -0.165 e. The number of aryl methyl sites for hydroxylation is 1. The minimum absolute atomic E-state index is 0. The van der Waals surface area contributed by atoms with E-state index in [2.05, 4.69) is 45.0 Å². The zero-order valence-electron chi connectivity index (χ0n) is 10.7. The summed E-state index contributed by atoms with van der Waals surface area (Å²) in [5.74, 6) is 0. The molecule has 0 spiro atoms. The van der Waals surface area contributed by atoms with Crippen LogP contribution in [0.5, 0.6) is 0 Å². The molecule has 0 aliphatic heterocycles. The molecule has 0 bridgehead atoms. The topological polar surface area (TPSA) is 0 Å². The molecular weight excluding hydrogens is 187 g/mol. The first-order valence-corrected chi connectivity index (χ1v) is 5.72. The Morgan fingerprint density at radius 2 is 1.69 bits per heavy atom. The summed E-state index contributed by atoms with van der Waals surface area (Å²) in [7, 11) is 0. The smallest absolute Gasteiger partial charge is 0.165 e. The van der Waals surface area contributed by atoms with Crippen LogP contribution < -0.4 is 18.9 Å². The van der Waals surface area contributed by atoms with Crippen molar-refractivity contribution in [3.8, 4) is 0 Å². The number of fused-ring (bicyclic) bond motifs is 2. The van der Waals surface area contributed by atoms with Crippen LogP contribution in [0.25, 0.3) is 10.8 Å². The van der Waals surface area contributed by atoms with E-state index in [9.17, 15) is 0 Å². The van der Waals surface area contributed by atoms with Crippen LogP contribution in [-0.2, 0) is 12.8 Å². The molecule has 0 nitrogen and oxygen atoms in total. The van der Waals surface area contributed by atoms with Crippen LogP contribution in [0.3, 0.4) is 0 Å². The summed E-state index contributed by atoms with van der Waals surface area (Å²) < 4.78 is 0. The molecule has 0 N–H and O–H groups in total. The standard InChI is InChI=1S/C15H17.Li/c1-10-4-11-6-13-8-15(2,3)9-14(13)7-12(11)5-10;/h4-7H,8-9H2,1-3H3;/q-1;+1. The largest absolute Gasteiger partial charge is 1.00 e. The van der Waals surface area contributed by atoms with Gasteiger partial charge in [-0.05, 0) is 18.3 Å². The van der Waals surface area contributed by atoms with Crippen LogP contribution in [0, 0.1) is 12.3 Å². The number of benzene rings is 1. The van der Waals surface area contributed by atoms with E-state index >= 15 is 0 Å². The number of hydrogen-bond donors (Lipinski definition) is 0. The number of rotatable bonds is 0. The molecule has 2 aromatic carbocycles. The quantitative estimate of drug-likeness (QED) is 0.443. The summed E-state index contributed by atoms with van der Waals surface area (Å²) in [6.45, 7) is 6.90. The van der Waals surface area contributed by atoms with Crippen molar-refractivity contribution >= 4 is 10.8 Å². The van der Waals surface area contributed by atoms with Gasteiger partial charge >= 0.3 is 18.9 Å². The summed E-state index contributed by atoms with van der Waals surface area (Å²) in [6.07, 6.45) is 2.48. The average Bonchev–Trinajstić information content (AvgIpc) is 2.55. The first kappa shape index (κ1) is 11.9. The van der Waals surface area contributed by atoms with Gasteiger partial charge in [-0.25, -0.2) is 0 Å². The fraction of sp³-hybridized carbons (Fsp3) is 0.400. The zero-order chi connectivity index (χ0) is 10.6. The molecule has 0 saturated carbocycles. The number of hydrogen-bond acceptors (Lipinski definition) is 0. The molecule has 16 heavy (non-hydrogen) atoms. The molecule has 0 fully saturated rings. The molecule has 3 rings (SSSR count). The minimum atomic E-state index is 0. The summed E-state index contributed by atoms with van der Waals surface area (Å²) in [5.41, 5.74) is 4.99. The second-order valence-electron chi connectivity index (χ2n) is 5.80. The van der Waals surface area contributed by atoms with Crippen molar-refractivity contribution in [1.82, 2.24) is 0 Å². The van der Waals surface area contributed by atoms with Crippen LogP contribution in [0.15, 0.2) is 24.3 Å². The molecule has 2 aromatic rings. The van der Waals surface area contributed by atoms with Gasteiger partial charge < -0.3 is 0 Å². The molecule has 0 heterocycles. The van der Waals surface area contributed by atoms with E-state index in [-0.39, 0.29) is 18.9 Å². The summed E-state index contributed by atoms with van der Waals surface area (Å²) in [6, 6.07) is 9.38. The molecule has 0 amide bonds. The molecule has 0 atom stereocenters. The van der Waals surface area contributed by atoms with Gasteiger partial charge in [-0.15, -0.1) is 34.5 Å². The molecular formula is C15H17Li. The maximum atomic E-state index is 2.40. The Kier molecular flexibility index (Phi) is 2.77. The van der Waals surface area contributed by atoms with Crippen molar-refractivity contribution < 1.29 is 18.9 Å². The van der Waals surface area contributed by atoms with E-state index in [0.717, 1.165) is 0 Å². The predicted octanol–water partition coefficient (Wildman–Crippen LogP) is 0.996. The molecule has 78 valence electrons. The van der Waals surface area contributed by atoms with Gasteiger partial charge in [0.15, 0.2) is 0 Å². The maximum Gasteiger partial charge on any atom is 1.00 e. The maximum absolute atomic E-state index is 2.40. The van der Waals surface area contributed by atoms with E-state index in [4.69, 9.17) is 0 Å². The fourth-order valence-electron chi connectivity index (χ4n) is 2.93. The van der Waals surface area contributed by atoms with E-state index in [1.54, 1.807) is 11.1 Å². The second-order valence-corrected chi connectivity index (χ2v) is 5.80. The van der Waals surface area contributed by atoms with E-state index < -0.39 is 0 Å². The Bertz CT molecular complexity index is 487. The van der Waals surface area contributed by atoms with Crippen LogP contribution >= 0.6 is 0 Å². The first-order chi connectivity index (χ1) is 7.03. The van der Waals surface area contributed by atoms with Crippen LogP contribution in [-0.4, -0.2) is 0 Å². The summed E-state index contributed by atoms with van der Waals surface area (Å²) in [5, 5.41) is 2.84. The van der Waals surface area contributed by atoms with Crippen LogP contribution in [0.4, 0.5) is 0 Å². The van der Waals surface area contributed by atoms with E-state index in [1.807, 2.05) is 0 Å². The normalized spacial score (nSPS) is 17.2. The molecule has 1 aliphatic carbocycles. The average molecular weight is 204 g/mol. The second kappa shape index (κ2) is 3.72. The predicted molar refractivity (Wildman–Crippen MR) is 65.5 cm³/mol. The van der Waals surface area contributed by atoms with Gasteiger partial charge in [-0.2, -0.15) is 6.07 Å². The summed E-state index contributed by atoms with van der Waals surface area (Å²) in [4.78, 5) is 0. The van der Waals surface area contributed by atoms with E-state index in [1.165, 1.54) is 29.2 Å². The van der Waals surface area contributed by atoms with Crippen molar-refractivity contribution in [2.24, 2.45) is 5.41 Å². The van der Waals surface area contributed by atoms with Gasteiger partial charge in [0, 0.05) is 0 Å². The monoisotopic (exact) mass is 204 g/mol. The van der Waals surface area contributed by atoms with Crippen LogP contribution in [0.2, 0.25) is 0 Å². The SMILES string of the molecule is Cc1cc2cc3c(cc2[cH-]1)CC(C)(C)C3.[Li+]. The molecule has 0 saturated heterocycles. The Hall–Kier alpha value is -0.573. The van der Waals surface area contributed by atoms with Gasteiger partial charge in [0.05, 0.1) is 0 Å². The zero-order valence-corrected chi connectivity index (χ0v) is 10.7. The molecule has 0 aromatic heterocycles. The Labute approximate surface area is 110 Å². The van der Waals surface area contributed by atoms with Gasteiger partial charge in [0.1, 0.15) is 0 Å². The Morgan fingerprint density at radius 1 is 1.06 bits per heavy atom. The van der Waals surface area contributed by atoms with Crippen molar-refractivity contribution in [1.29, 1.82) is 0 Å². The summed E-state index contributed by atoms with van der Waals surface area (Å²) >= 11 is 0. The molecule has 1 aliphatic rings. The third-order valence-electron chi connectivity index (χ3n) is 3.51. The van der Waals surface area contributed by atoms with Crippen molar-refractivity contribution in [3.63, 3.8) is 0 Å². The van der Waals surface area contributed by atoms with Crippen molar-refractivity contribution in [2.45, 2.75) is 33.6 Å². The van der Waals surface area contributed by atoms with Gasteiger partial charge in [0.2, 0.25) is 0 Å². The van der Waals surface area contributed by atoms with Crippen molar-refractivity contribution in [3.05, 3.63) is 41.0 Å². The third-order valence-corrected chi connectivity index (χ3v) is 3.51. The van der Waals surface area contributed by atoms with Crippen molar-refractivity contribution in [2.75, 3.05) is 0 Å². The van der Waals surface area contributed by atoms with Crippen LogP contribution in [0.1, 0.15) is 30.5 Å². The van der Waals surface area contributed by atoms with Gasteiger partial charge in [0.25, 0.3) is 0 Å². The third kappa shape index (κ3) is 1.86. The molecule has 0 radical (unpaired) electrons. The Balaban J connectivity index is 0.000000963. The molecule has 0 unspecified atom stereocenters. The Morgan fingerprint density at radius 3 is 2.38 bits per heavy atom. The molecule has 1 heteroatoms. The fourth-order valence-corrected chi connectivity index (χ4v) is 2.93. The first-order valence-electron chi connectivity index (χ1n) is 5.72. The van der Waals surface area contributed by atoms with E-state index in [0.29, 0.717) is 5.41 Å². The van der Waals surface area contributed by atoms with Gasteiger partial charge in [-0.3, -0.25) is 0 Å². The van der Waals surface area contributed by atoms with Gasteiger partial charge in [-0.1, -0.05) is 31.9 Å².